The summed E-state index contributed by atoms with van der Waals surface area (Å²) in [6, 6.07) is 11.9. The molecule has 0 radical (unpaired) electrons. The highest BCUT2D eigenvalue weighted by molar-refractivity contribution is 5.86. The number of phenols is 1. The molecule has 1 saturated carbocycles. The van der Waals surface area contributed by atoms with E-state index < -0.39 is 0 Å². The van der Waals surface area contributed by atoms with E-state index in [1.165, 1.54) is 12.8 Å². The second kappa shape index (κ2) is 6.67. The van der Waals surface area contributed by atoms with Crippen LogP contribution in [0.2, 0.25) is 0 Å². The molecule has 152 valence electrons. The van der Waals surface area contributed by atoms with Crippen LogP contribution >= 0.6 is 0 Å². The van der Waals surface area contributed by atoms with E-state index in [1.54, 1.807) is 19.1 Å². The molecule has 7 heteroatoms. The van der Waals surface area contributed by atoms with Gasteiger partial charge >= 0.3 is 0 Å². The van der Waals surface area contributed by atoms with Gasteiger partial charge in [-0.15, -0.1) is 0 Å². The van der Waals surface area contributed by atoms with Gasteiger partial charge in [-0.1, -0.05) is 0 Å². The monoisotopic (exact) mass is 401 g/mol. The van der Waals surface area contributed by atoms with Crippen molar-refractivity contribution in [3.05, 3.63) is 42.3 Å². The van der Waals surface area contributed by atoms with Crippen molar-refractivity contribution in [2.75, 3.05) is 24.5 Å². The summed E-state index contributed by atoms with van der Waals surface area (Å²) in [5.74, 6) is 2.54. The number of aromatic hydroxyl groups is 1. The van der Waals surface area contributed by atoms with Gasteiger partial charge in [-0.05, 0) is 49.1 Å². The van der Waals surface area contributed by atoms with Crippen molar-refractivity contribution in [3.63, 3.8) is 0 Å². The first-order chi connectivity index (χ1) is 14.6. The second-order valence-electron chi connectivity index (χ2n) is 8.32. The molecule has 7 nitrogen and oxygen atoms in total. The molecule has 0 spiro atoms. The van der Waals surface area contributed by atoms with Crippen LogP contribution in [0.5, 0.6) is 5.75 Å². The number of oxazole rings is 1. The van der Waals surface area contributed by atoms with Crippen molar-refractivity contribution >= 4 is 28.0 Å². The van der Waals surface area contributed by atoms with Crippen LogP contribution in [0.3, 0.4) is 0 Å². The van der Waals surface area contributed by atoms with E-state index in [4.69, 9.17) is 14.4 Å². The molecule has 2 aliphatic rings. The first-order valence-corrected chi connectivity index (χ1v) is 10.5. The van der Waals surface area contributed by atoms with Crippen LogP contribution in [0.1, 0.15) is 18.7 Å². The van der Waals surface area contributed by atoms with E-state index in [9.17, 15) is 5.11 Å². The van der Waals surface area contributed by atoms with E-state index >= 15 is 0 Å². The van der Waals surface area contributed by atoms with Crippen LogP contribution in [0, 0.1) is 12.8 Å². The zero-order valence-corrected chi connectivity index (χ0v) is 16.8. The predicted molar refractivity (Wildman–Crippen MR) is 116 cm³/mol. The Morgan fingerprint density at radius 3 is 2.73 bits per heavy atom. The average Bonchev–Trinajstić information content (AvgIpc) is 3.55. The minimum absolute atomic E-state index is 0.138. The average molecular weight is 401 g/mol. The second-order valence-corrected chi connectivity index (χ2v) is 8.32. The lowest BCUT2D eigenvalue weighted by molar-refractivity contribution is 0.417. The highest BCUT2D eigenvalue weighted by Crippen LogP contribution is 2.35. The number of pyridine rings is 2. The van der Waals surface area contributed by atoms with Crippen molar-refractivity contribution in [1.82, 2.24) is 20.3 Å². The molecule has 1 aliphatic carbocycles. The lowest BCUT2D eigenvalue weighted by Crippen LogP contribution is -2.52. The smallest absolute Gasteiger partial charge is 0.192 e. The van der Waals surface area contributed by atoms with Gasteiger partial charge in [-0.25, -0.2) is 15.0 Å². The minimum Gasteiger partial charge on any atom is -0.507 e. The number of piperazine rings is 1. The molecule has 6 rings (SSSR count). The van der Waals surface area contributed by atoms with E-state index in [1.807, 2.05) is 18.2 Å². The summed E-state index contributed by atoms with van der Waals surface area (Å²) in [4.78, 5) is 16.3. The maximum atomic E-state index is 10.5. The molecule has 4 heterocycles. The summed E-state index contributed by atoms with van der Waals surface area (Å²) in [5.41, 5.74) is 4.24. The van der Waals surface area contributed by atoms with Gasteiger partial charge in [0.15, 0.2) is 11.5 Å². The summed E-state index contributed by atoms with van der Waals surface area (Å²) < 4.78 is 5.61. The van der Waals surface area contributed by atoms with Crippen LogP contribution in [0.15, 0.2) is 40.8 Å². The fraction of sp³-hybridized carbons (Fsp3) is 0.348. The normalized spacial score (nSPS) is 19.6. The summed E-state index contributed by atoms with van der Waals surface area (Å²) in [6.45, 7) is 4.78. The molecular weight excluding hydrogens is 378 g/mol. The van der Waals surface area contributed by atoms with Gasteiger partial charge in [0, 0.05) is 44.2 Å². The number of fused-ring (bicyclic) bond motifs is 2. The number of nitrogens with one attached hydrogen (secondary N) is 1. The van der Waals surface area contributed by atoms with Crippen molar-refractivity contribution in [1.29, 1.82) is 0 Å². The molecule has 1 aliphatic heterocycles. The molecular formula is C23H23N5O2. The van der Waals surface area contributed by atoms with Gasteiger partial charge < -0.3 is 19.7 Å². The number of hydrogen-bond acceptors (Lipinski definition) is 7. The van der Waals surface area contributed by atoms with E-state index in [2.05, 4.69) is 21.3 Å². The number of rotatable bonds is 3. The van der Waals surface area contributed by atoms with Crippen LogP contribution in [0.4, 0.5) is 5.82 Å². The molecule has 1 unspecified atom stereocenters. The quantitative estimate of drug-likeness (QED) is 0.542. The number of nitrogens with zero attached hydrogens (tertiary/aromatic N) is 4. The number of phenolic OH excluding ortho intramolecular Hbond substituents is 1. The van der Waals surface area contributed by atoms with Gasteiger partial charge in [0.05, 0.1) is 16.7 Å². The van der Waals surface area contributed by atoms with E-state index in [0.717, 1.165) is 42.4 Å². The Balaban J connectivity index is 1.33. The highest BCUT2D eigenvalue weighted by atomic mass is 16.3. The van der Waals surface area contributed by atoms with E-state index in [-0.39, 0.29) is 5.75 Å². The summed E-state index contributed by atoms with van der Waals surface area (Å²) in [7, 11) is 0. The number of aryl methyl sites for hydroxylation is 1. The Bertz CT molecular complexity index is 1260. The van der Waals surface area contributed by atoms with Gasteiger partial charge in [0.25, 0.3) is 0 Å². The van der Waals surface area contributed by atoms with Gasteiger partial charge in [-0.3, -0.25) is 0 Å². The maximum absolute atomic E-state index is 10.5. The fourth-order valence-electron chi connectivity index (χ4n) is 4.41. The topological polar surface area (TPSA) is 87.3 Å². The molecule has 4 aromatic rings. The number of benzene rings is 1. The Morgan fingerprint density at radius 2 is 1.87 bits per heavy atom. The van der Waals surface area contributed by atoms with Gasteiger partial charge in [-0.2, -0.15) is 0 Å². The molecule has 3 aromatic heterocycles. The fourth-order valence-corrected chi connectivity index (χ4v) is 4.41. The zero-order chi connectivity index (χ0) is 20.2. The lowest BCUT2D eigenvalue weighted by Gasteiger charge is -2.34. The Morgan fingerprint density at radius 1 is 1.03 bits per heavy atom. The molecule has 0 amide bonds. The van der Waals surface area contributed by atoms with Gasteiger partial charge in [0.1, 0.15) is 17.1 Å². The lowest BCUT2D eigenvalue weighted by atomic mass is 10.1. The third kappa shape index (κ3) is 3.06. The minimum atomic E-state index is 0.138. The van der Waals surface area contributed by atoms with Crippen LogP contribution in [0.25, 0.3) is 33.4 Å². The molecule has 2 fully saturated rings. The third-order valence-electron chi connectivity index (χ3n) is 6.14. The van der Waals surface area contributed by atoms with Crippen LogP contribution < -0.4 is 10.2 Å². The highest BCUT2D eigenvalue weighted by Gasteiger charge is 2.34. The summed E-state index contributed by atoms with van der Waals surface area (Å²) in [6.07, 6.45) is 2.69. The zero-order valence-electron chi connectivity index (χ0n) is 16.8. The summed E-state index contributed by atoms with van der Waals surface area (Å²) >= 11 is 0. The van der Waals surface area contributed by atoms with Crippen LogP contribution in [-0.2, 0) is 0 Å². The van der Waals surface area contributed by atoms with E-state index in [0.29, 0.717) is 34.3 Å². The van der Waals surface area contributed by atoms with Crippen molar-refractivity contribution < 1.29 is 9.52 Å². The number of anilines is 1. The first kappa shape index (κ1) is 17.7. The third-order valence-corrected chi connectivity index (χ3v) is 6.14. The standard InChI is InChI=1S/C23H23N5O2/c1-13-25-19-11-21(29)15(10-22(19)30-13)16-4-5-18-17(26-16)6-7-23(27-18)28-9-8-24-20(12-28)14-2-3-14/h4-7,10-11,14,20,24,29H,2-3,8-9,12H2,1H3. The number of aromatic nitrogens is 3. The largest absolute Gasteiger partial charge is 0.507 e. The predicted octanol–water partition coefficient (Wildman–Crippen LogP) is 3.64. The Kier molecular flexibility index (Phi) is 3.92. The van der Waals surface area contributed by atoms with Crippen molar-refractivity contribution in [2.24, 2.45) is 5.92 Å². The maximum Gasteiger partial charge on any atom is 0.192 e. The molecule has 2 N–H and O–H groups in total. The Labute approximate surface area is 173 Å². The molecule has 0 bridgehead atoms. The molecule has 1 saturated heterocycles. The Hall–Kier alpha value is -3.19. The van der Waals surface area contributed by atoms with Gasteiger partial charge in [0.2, 0.25) is 0 Å². The molecule has 1 aromatic carbocycles. The SMILES string of the molecule is Cc1nc2cc(O)c(-c3ccc4nc(N5CCNC(C6CC6)C5)ccc4n3)cc2o1. The van der Waals surface area contributed by atoms with Crippen molar-refractivity contribution in [3.8, 4) is 17.0 Å². The molecule has 30 heavy (non-hydrogen) atoms. The molecule has 1 atom stereocenters. The summed E-state index contributed by atoms with van der Waals surface area (Å²) in [5, 5.41) is 14.1. The van der Waals surface area contributed by atoms with Crippen molar-refractivity contribution in [2.45, 2.75) is 25.8 Å². The van der Waals surface area contributed by atoms with Crippen LogP contribution in [-0.4, -0.2) is 45.7 Å². The number of hydrogen-bond donors (Lipinski definition) is 2. The first-order valence-electron chi connectivity index (χ1n) is 10.5.